The number of carbonyl (C=O) groups is 1. The number of halogens is 2. The summed E-state index contributed by atoms with van der Waals surface area (Å²) in [6, 6.07) is 5.10. The Morgan fingerprint density at radius 1 is 1.20 bits per heavy atom. The second kappa shape index (κ2) is 7.30. The minimum Gasteiger partial charge on any atom is -0.323 e. The first-order valence-electron chi connectivity index (χ1n) is 7.08. The molecule has 3 nitrogen and oxygen atoms in total. The van der Waals surface area contributed by atoms with Crippen molar-refractivity contribution < 1.29 is 4.79 Å². The van der Waals surface area contributed by atoms with Gasteiger partial charge in [0.2, 0.25) is 5.91 Å². The van der Waals surface area contributed by atoms with Gasteiger partial charge in [0, 0.05) is 0 Å². The van der Waals surface area contributed by atoms with Gasteiger partial charge >= 0.3 is 0 Å². The summed E-state index contributed by atoms with van der Waals surface area (Å²) in [5.74, 6) is -0.0314. The molecule has 1 saturated heterocycles. The maximum atomic E-state index is 12.3. The summed E-state index contributed by atoms with van der Waals surface area (Å²) in [4.78, 5) is 14.6. The van der Waals surface area contributed by atoms with Crippen LogP contribution < -0.4 is 5.32 Å². The van der Waals surface area contributed by atoms with Crippen molar-refractivity contribution in [1.29, 1.82) is 0 Å². The normalized spacial score (nSPS) is 18.4. The molecule has 110 valence electrons. The van der Waals surface area contributed by atoms with Gasteiger partial charge in [-0.25, -0.2) is 0 Å². The van der Waals surface area contributed by atoms with E-state index in [1.165, 1.54) is 12.8 Å². The molecule has 1 unspecified atom stereocenters. The Hall–Kier alpha value is -0.770. The molecule has 5 heteroatoms. The minimum atomic E-state index is -0.150. The first kappa shape index (κ1) is 15.6. The molecule has 0 bridgehead atoms. The van der Waals surface area contributed by atoms with Crippen LogP contribution in [0.5, 0.6) is 0 Å². The average Bonchev–Trinajstić information content (AvgIpc) is 2.72. The quantitative estimate of drug-likeness (QED) is 0.907. The Bertz CT molecular complexity index is 471. The van der Waals surface area contributed by atoms with Crippen molar-refractivity contribution in [3.05, 3.63) is 28.2 Å². The van der Waals surface area contributed by atoms with E-state index in [0.29, 0.717) is 15.7 Å². The molecule has 0 radical (unpaired) electrons. The first-order valence-corrected chi connectivity index (χ1v) is 7.84. The van der Waals surface area contributed by atoms with Crippen molar-refractivity contribution in [3.63, 3.8) is 0 Å². The van der Waals surface area contributed by atoms with Crippen LogP contribution in [-0.2, 0) is 4.79 Å². The number of likely N-dealkylation sites (tertiary alicyclic amines) is 1. The van der Waals surface area contributed by atoms with E-state index in [4.69, 9.17) is 23.2 Å². The third kappa shape index (κ3) is 3.87. The number of nitrogens with zero attached hydrogens (tertiary/aromatic N) is 1. The molecule has 1 aromatic rings. The molecule has 1 heterocycles. The van der Waals surface area contributed by atoms with Gasteiger partial charge in [-0.1, -0.05) is 42.1 Å². The average molecular weight is 315 g/mol. The first-order chi connectivity index (χ1) is 9.59. The smallest absolute Gasteiger partial charge is 0.241 e. The second-order valence-corrected chi connectivity index (χ2v) is 6.00. The number of amides is 1. The van der Waals surface area contributed by atoms with E-state index in [1.54, 1.807) is 18.2 Å². The number of hydrogen-bond donors (Lipinski definition) is 1. The van der Waals surface area contributed by atoms with E-state index in [-0.39, 0.29) is 11.9 Å². The Morgan fingerprint density at radius 3 is 2.50 bits per heavy atom. The van der Waals surface area contributed by atoms with Crippen LogP contribution >= 0.6 is 23.2 Å². The lowest BCUT2D eigenvalue weighted by molar-refractivity contribution is -0.120. The fraction of sp³-hybridized carbons (Fsp3) is 0.533. The van der Waals surface area contributed by atoms with E-state index in [9.17, 15) is 4.79 Å². The predicted molar refractivity (Wildman–Crippen MR) is 84.6 cm³/mol. The van der Waals surface area contributed by atoms with Crippen molar-refractivity contribution in [1.82, 2.24) is 4.90 Å². The minimum absolute atomic E-state index is 0.0314. The van der Waals surface area contributed by atoms with Crippen LogP contribution in [0.3, 0.4) is 0 Å². The van der Waals surface area contributed by atoms with E-state index in [0.717, 1.165) is 25.9 Å². The highest BCUT2D eigenvalue weighted by Crippen LogP contribution is 2.29. The van der Waals surface area contributed by atoms with Crippen molar-refractivity contribution in [3.8, 4) is 0 Å². The lowest BCUT2D eigenvalue weighted by atomic mass is 10.2. The highest BCUT2D eigenvalue weighted by Gasteiger charge is 2.22. The van der Waals surface area contributed by atoms with Crippen molar-refractivity contribution in [2.75, 3.05) is 18.4 Å². The van der Waals surface area contributed by atoms with Crippen LogP contribution in [0.1, 0.15) is 32.6 Å². The van der Waals surface area contributed by atoms with Gasteiger partial charge in [0.05, 0.1) is 21.8 Å². The molecule has 1 aliphatic heterocycles. The van der Waals surface area contributed by atoms with Crippen molar-refractivity contribution in [2.45, 2.75) is 38.6 Å². The van der Waals surface area contributed by atoms with Gasteiger partial charge in [-0.2, -0.15) is 0 Å². The Kier molecular flexibility index (Phi) is 5.70. The zero-order valence-electron chi connectivity index (χ0n) is 11.7. The number of carbonyl (C=O) groups excluding carboxylic acids is 1. The number of rotatable bonds is 3. The molecular weight excluding hydrogens is 295 g/mol. The van der Waals surface area contributed by atoms with E-state index < -0.39 is 0 Å². The van der Waals surface area contributed by atoms with Gasteiger partial charge in [0.1, 0.15) is 0 Å². The molecule has 1 N–H and O–H groups in total. The van der Waals surface area contributed by atoms with Crippen LogP contribution in [0.25, 0.3) is 0 Å². The number of nitrogens with one attached hydrogen (secondary N) is 1. The molecule has 0 aliphatic carbocycles. The Labute approximate surface area is 130 Å². The molecule has 0 spiro atoms. The van der Waals surface area contributed by atoms with Crippen LogP contribution in [0, 0.1) is 0 Å². The summed E-state index contributed by atoms with van der Waals surface area (Å²) in [5, 5.41) is 3.72. The molecule has 1 fully saturated rings. The number of benzene rings is 1. The second-order valence-electron chi connectivity index (χ2n) is 5.22. The topological polar surface area (TPSA) is 32.3 Å². The van der Waals surface area contributed by atoms with Gasteiger partial charge in [0.25, 0.3) is 0 Å². The predicted octanol–water partition coefficient (Wildman–Crippen LogP) is 4.20. The highest BCUT2D eigenvalue weighted by atomic mass is 35.5. The summed E-state index contributed by atoms with van der Waals surface area (Å²) in [5.41, 5.74) is 0.575. The maximum Gasteiger partial charge on any atom is 0.241 e. The summed E-state index contributed by atoms with van der Waals surface area (Å²) in [6.07, 6.45) is 4.83. The zero-order valence-corrected chi connectivity index (χ0v) is 13.2. The van der Waals surface area contributed by atoms with E-state index >= 15 is 0 Å². The van der Waals surface area contributed by atoms with Crippen LogP contribution in [0.4, 0.5) is 5.69 Å². The van der Waals surface area contributed by atoms with Gasteiger partial charge < -0.3 is 5.32 Å². The number of anilines is 1. The molecule has 1 aromatic carbocycles. The lowest BCUT2D eigenvalue weighted by Crippen LogP contribution is -2.42. The molecule has 0 saturated carbocycles. The largest absolute Gasteiger partial charge is 0.323 e. The Morgan fingerprint density at radius 2 is 1.85 bits per heavy atom. The molecule has 20 heavy (non-hydrogen) atoms. The van der Waals surface area contributed by atoms with Crippen LogP contribution in [0.2, 0.25) is 10.0 Å². The number of hydrogen-bond acceptors (Lipinski definition) is 2. The third-order valence-corrected chi connectivity index (χ3v) is 4.60. The van der Waals surface area contributed by atoms with Crippen molar-refractivity contribution >= 4 is 34.8 Å². The lowest BCUT2D eigenvalue weighted by Gasteiger charge is -2.26. The molecule has 0 aromatic heterocycles. The van der Waals surface area contributed by atoms with Gasteiger partial charge in [-0.3, -0.25) is 9.69 Å². The van der Waals surface area contributed by atoms with Crippen LogP contribution in [0.15, 0.2) is 18.2 Å². The van der Waals surface area contributed by atoms with E-state index in [1.807, 2.05) is 6.92 Å². The SMILES string of the molecule is CC(C(=O)Nc1cccc(Cl)c1Cl)N1CCCCCC1. The summed E-state index contributed by atoms with van der Waals surface area (Å²) in [6.45, 7) is 3.91. The standard InChI is InChI=1S/C15H20Cl2N2O/c1-11(19-9-4-2-3-5-10-19)15(20)18-13-8-6-7-12(16)14(13)17/h6-8,11H,2-5,9-10H2,1H3,(H,18,20). The molecule has 2 rings (SSSR count). The molecule has 1 aliphatic rings. The zero-order chi connectivity index (χ0) is 14.5. The highest BCUT2D eigenvalue weighted by molar-refractivity contribution is 6.44. The summed E-state index contributed by atoms with van der Waals surface area (Å²) < 4.78 is 0. The fourth-order valence-corrected chi connectivity index (χ4v) is 2.83. The Balaban J connectivity index is 2.01. The fourth-order valence-electron chi connectivity index (χ4n) is 2.49. The van der Waals surface area contributed by atoms with Gasteiger partial charge in [-0.05, 0) is 45.0 Å². The molecule has 1 atom stereocenters. The van der Waals surface area contributed by atoms with Gasteiger partial charge in [0.15, 0.2) is 0 Å². The summed E-state index contributed by atoms with van der Waals surface area (Å²) in [7, 11) is 0. The summed E-state index contributed by atoms with van der Waals surface area (Å²) >= 11 is 12.0. The van der Waals surface area contributed by atoms with Crippen LogP contribution in [-0.4, -0.2) is 29.9 Å². The monoisotopic (exact) mass is 314 g/mol. The van der Waals surface area contributed by atoms with E-state index in [2.05, 4.69) is 10.2 Å². The molecular formula is C15H20Cl2N2O. The third-order valence-electron chi connectivity index (χ3n) is 3.78. The maximum absolute atomic E-state index is 12.3. The van der Waals surface area contributed by atoms with Gasteiger partial charge in [-0.15, -0.1) is 0 Å². The molecule has 1 amide bonds. The van der Waals surface area contributed by atoms with Crippen molar-refractivity contribution in [2.24, 2.45) is 0 Å².